The van der Waals surface area contributed by atoms with E-state index in [-0.39, 0.29) is 24.9 Å². The zero-order valence-corrected chi connectivity index (χ0v) is 12.0. The van der Waals surface area contributed by atoms with E-state index in [0.717, 1.165) is 5.56 Å². The third-order valence-corrected chi connectivity index (χ3v) is 2.30. The number of carbonyl (C=O) groups excluding carboxylic acids is 2. The Morgan fingerprint density at radius 3 is 2.47 bits per heavy atom. The van der Waals surface area contributed by atoms with Crippen LogP contribution in [0.25, 0.3) is 0 Å². The molecule has 0 N–H and O–H groups in total. The van der Waals surface area contributed by atoms with Crippen LogP contribution in [0.2, 0.25) is 0 Å². The summed E-state index contributed by atoms with van der Waals surface area (Å²) >= 11 is 0. The molecule has 0 saturated carbocycles. The Morgan fingerprint density at radius 2 is 1.95 bits per heavy atom. The molecule has 106 valence electrons. The van der Waals surface area contributed by atoms with Crippen molar-refractivity contribution in [3.05, 3.63) is 17.5 Å². The highest BCUT2D eigenvalue weighted by Crippen LogP contribution is 2.11. The van der Waals surface area contributed by atoms with E-state index in [2.05, 4.69) is 9.84 Å². The molecule has 0 unspecified atom stereocenters. The van der Waals surface area contributed by atoms with Gasteiger partial charge >= 0.3 is 11.9 Å². The SMILES string of the molecule is COC(=O)Cn1cc(C)c(CC(=O)OC(C)(C)C)n1. The van der Waals surface area contributed by atoms with E-state index in [1.54, 1.807) is 6.20 Å². The number of hydrogen-bond acceptors (Lipinski definition) is 5. The first kappa shape index (κ1) is 15.2. The highest BCUT2D eigenvalue weighted by atomic mass is 16.6. The van der Waals surface area contributed by atoms with Crippen molar-refractivity contribution in [3.8, 4) is 0 Å². The zero-order chi connectivity index (χ0) is 14.6. The molecule has 0 aliphatic heterocycles. The lowest BCUT2D eigenvalue weighted by molar-refractivity contribution is -0.154. The molecule has 1 heterocycles. The normalized spacial score (nSPS) is 11.2. The van der Waals surface area contributed by atoms with Crippen LogP contribution < -0.4 is 0 Å². The number of esters is 2. The van der Waals surface area contributed by atoms with E-state index >= 15 is 0 Å². The molecule has 1 rings (SSSR count). The summed E-state index contributed by atoms with van der Waals surface area (Å²) in [6.45, 7) is 7.31. The fourth-order valence-corrected chi connectivity index (χ4v) is 1.53. The maximum atomic E-state index is 11.7. The summed E-state index contributed by atoms with van der Waals surface area (Å²) in [6, 6.07) is 0. The number of ether oxygens (including phenoxy) is 2. The van der Waals surface area contributed by atoms with E-state index < -0.39 is 5.60 Å². The lowest BCUT2D eigenvalue weighted by atomic mass is 10.2. The first-order valence-electron chi connectivity index (χ1n) is 6.03. The average Bonchev–Trinajstić information content (AvgIpc) is 2.56. The first-order chi connectivity index (χ1) is 8.71. The number of aromatic nitrogens is 2. The second-order valence-electron chi connectivity index (χ2n) is 5.30. The van der Waals surface area contributed by atoms with Gasteiger partial charge in [-0.2, -0.15) is 5.10 Å². The van der Waals surface area contributed by atoms with Gasteiger partial charge in [-0.25, -0.2) is 0 Å². The molecule has 0 aromatic carbocycles. The van der Waals surface area contributed by atoms with Crippen LogP contribution in [0.3, 0.4) is 0 Å². The minimum Gasteiger partial charge on any atom is -0.468 e. The topological polar surface area (TPSA) is 70.4 Å². The Balaban J connectivity index is 2.69. The zero-order valence-electron chi connectivity index (χ0n) is 12.0. The molecule has 0 atom stereocenters. The second kappa shape index (κ2) is 5.86. The van der Waals surface area contributed by atoms with Crippen LogP contribution in [0.1, 0.15) is 32.0 Å². The summed E-state index contributed by atoms with van der Waals surface area (Å²) in [7, 11) is 1.32. The highest BCUT2D eigenvalue weighted by Gasteiger charge is 2.19. The van der Waals surface area contributed by atoms with Crippen molar-refractivity contribution in [3.63, 3.8) is 0 Å². The average molecular weight is 268 g/mol. The predicted octanol–water partition coefficient (Wildman–Crippen LogP) is 1.25. The Morgan fingerprint density at radius 1 is 1.32 bits per heavy atom. The first-order valence-corrected chi connectivity index (χ1v) is 6.03. The van der Waals surface area contributed by atoms with Crippen molar-refractivity contribution < 1.29 is 19.1 Å². The number of hydrogen-bond donors (Lipinski definition) is 0. The van der Waals surface area contributed by atoms with Crippen molar-refractivity contribution in [1.82, 2.24) is 9.78 Å². The number of methoxy groups -OCH3 is 1. The molecule has 0 bridgehead atoms. The maximum absolute atomic E-state index is 11.7. The van der Waals surface area contributed by atoms with Gasteiger partial charge in [0, 0.05) is 6.20 Å². The Bertz CT molecular complexity index is 471. The van der Waals surface area contributed by atoms with Gasteiger partial charge in [0.25, 0.3) is 0 Å². The van der Waals surface area contributed by atoms with Crippen LogP contribution in [0.15, 0.2) is 6.20 Å². The fraction of sp³-hybridized carbons (Fsp3) is 0.615. The monoisotopic (exact) mass is 268 g/mol. The molecular formula is C13H20N2O4. The van der Waals surface area contributed by atoms with Gasteiger partial charge in [-0.3, -0.25) is 14.3 Å². The van der Waals surface area contributed by atoms with Crippen LogP contribution in [-0.2, 0) is 32.0 Å². The van der Waals surface area contributed by atoms with Crippen LogP contribution >= 0.6 is 0 Å². The molecule has 0 aliphatic rings. The lowest BCUT2D eigenvalue weighted by Crippen LogP contribution is -2.25. The van der Waals surface area contributed by atoms with Gasteiger partial charge in [0.1, 0.15) is 12.1 Å². The summed E-state index contributed by atoms with van der Waals surface area (Å²) in [5, 5.41) is 4.18. The number of carbonyl (C=O) groups is 2. The summed E-state index contributed by atoms with van der Waals surface area (Å²) in [5.74, 6) is -0.717. The molecule has 6 nitrogen and oxygen atoms in total. The second-order valence-corrected chi connectivity index (χ2v) is 5.30. The van der Waals surface area contributed by atoms with E-state index in [0.29, 0.717) is 5.69 Å². The third kappa shape index (κ3) is 5.11. The largest absolute Gasteiger partial charge is 0.468 e. The molecule has 0 amide bonds. The van der Waals surface area contributed by atoms with Crippen molar-refractivity contribution in [2.24, 2.45) is 0 Å². The number of nitrogens with zero attached hydrogens (tertiary/aromatic N) is 2. The predicted molar refractivity (Wildman–Crippen MR) is 68.5 cm³/mol. The van der Waals surface area contributed by atoms with Gasteiger partial charge in [0.2, 0.25) is 0 Å². The summed E-state index contributed by atoms with van der Waals surface area (Å²) in [4.78, 5) is 22.8. The van der Waals surface area contributed by atoms with Crippen LogP contribution in [0.5, 0.6) is 0 Å². The van der Waals surface area contributed by atoms with Crippen LogP contribution in [0, 0.1) is 6.92 Å². The minimum atomic E-state index is -0.514. The van der Waals surface area contributed by atoms with Gasteiger partial charge in [-0.05, 0) is 33.3 Å². The molecule has 0 aliphatic carbocycles. The van der Waals surface area contributed by atoms with E-state index in [1.807, 2.05) is 27.7 Å². The van der Waals surface area contributed by atoms with Crippen molar-refractivity contribution in [2.45, 2.75) is 46.3 Å². The van der Waals surface area contributed by atoms with Crippen LogP contribution in [0.4, 0.5) is 0 Å². The fourth-order valence-electron chi connectivity index (χ4n) is 1.53. The van der Waals surface area contributed by atoms with Gasteiger partial charge in [0.15, 0.2) is 0 Å². The molecule has 0 spiro atoms. The summed E-state index contributed by atoms with van der Waals surface area (Å²) in [6.07, 6.45) is 1.80. The Hall–Kier alpha value is -1.85. The van der Waals surface area contributed by atoms with Crippen molar-refractivity contribution in [1.29, 1.82) is 0 Å². The van der Waals surface area contributed by atoms with Gasteiger partial charge < -0.3 is 9.47 Å². The molecule has 1 aromatic rings. The standard InChI is InChI=1S/C13H20N2O4/c1-9-7-15(8-12(17)18-5)14-10(9)6-11(16)19-13(2,3)4/h7H,6,8H2,1-5H3. The van der Waals surface area contributed by atoms with Gasteiger partial charge in [-0.15, -0.1) is 0 Å². The van der Waals surface area contributed by atoms with Crippen LogP contribution in [-0.4, -0.2) is 34.4 Å². The maximum Gasteiger partial charge on any atom is 0.327 e. The summed E-state index contributed by atoms with van der Waals surface area (Å²) < 4.78 is 11.2. The smallest absolute Gasteiger partial charge is 0.327 e. The van der Waals surface area contributed by atoms with Gasteiger partial charge in [-0.1, -0.05) is 0 Å². The quantitative estimate of drug-likeness (QED) is 0.769. The molecule has 1 aromatic heterocycles. The molecule has 0 radical (unpaired) electrons. The number of rotatable bonds is 4. The molecule has 6 heteroatoms. The molecule has 0 saturated heterocycles. The number of aryl methyl sites for hydroxylation is 1. The highest BCUT2D eigenvalue weighted by molar-refractivity contribution is 5.73. The minimum absolute atomic E-state index is 0.0334. The molecular weight excluding hydrogens is 248 g/mol. The van der Waals surface area contributed by atoms with E-state index in [9.17, 15) is 9.59 Å². The Labute approximate surface area is 112 Å². The third-order valence-electron chi connectivity index (χ3n) is 2.30. The van der Waals surface area contributed by atoms with E-state index in [1.165, 1.54) is 11.8 Å². The summed E-state index contributed by atoms with van der Waals surface area (Å²) in [5.41, 5.74) is 0.937. The molecule has 19 heavy (non-hydrogen) atoms. The van der Waals surface area contributed by atoms with Gasteiger partial charge in [0.05, 0.1) is 19.2 Å². The van der Waals surface area contributed by atoms with Crippen molar-refractivity contribution in [2.75, 3.05) is 7.11 Å². The lowest BCUT2D eigenvalue weighted by Gasteiger charge is -2.19. The molecule has 0 fully saturated rings. The van der Waals surface area contributed by atoms with Crippen molar-refractivity contribution >= 4 is 11.9 Å². The Kier molecular flexibility index (Phi) is 4.69. The van der Waals surface area contributed by atoms with E-state index in [4.69, 9.17) is 4.74 Å².